The molecule has 0 aromatic heterocycles. The minimum Gasteiger partial charge on any atom is -0.461 e. The highest BCUT2D eigenvalue weighted by molar-refractivity contribution is 5.85. The molecule has 3 rings (SSSR count). The molecule has 1 aliphatic rings. The minimum atomic E-state index is -1.79. The molecule has 1 atom stereocenters. The first-order chi connectivity index (χ1) is 11.7. The van der Waals surface area contributed by atoms with E-state index in [2.05, 4.69) is 5.32 Å². The van der Waals surface area contributed by atoms with E-state index in [1.54, 1.807) is 48.5 Å². The Bertz CT molecular complexity index is 618. The lowest BCUT2D eigenvalue weighted by Gasteiger charge is -2.29. The quantitative estimate of drug-likeness (QED) is 0.804. The van der Waals surface area contributed by atoms with Gasteiger partial charge in [-0.2, -0.15) is 0 Å². The van der Waals surface area contributed by atoms with Crippen LogP contribution in [-0.4, -0.2) is 30.3 Å². The number of nitrogens with one attached hydrogen (secondary N) is 1. The van der Waals surface area contributed by atoms with Gasteiger partial charge in [0.2, 0.25) is 5.60 Å². The van der Waals surface area contributed by atoms with E-state index in [-0.39, 0.29) is 25.1 Å². The zero-order valence-electron chi connectivity index (χ0n) is 14.1. The summed E-state index contributed by atoms with van der Waals surface area (Å²) in [5.74, 6) is -0.632. The molecular formula is C20H24ClNO3. The SMILES string of the molecule is Cl.O=C(OCC1CCCCN1)C(O)(c1ccccc1)c1ccccc1. The molecule has 0 saturated carbocycles. The Morgan fingerprint density at radius 2 is 1.60 bits per heavy atom. The van der Waals surface area contributed by atoms with Crippen molar-refractivity contribution in [1.82, 2.24) is 5.32 Å². The van der Waals surface area contributed by atoms with Crippen LogP contribution >= 0.6 is 12.4 Å². The highest BCUT2D eigenvalue weighted by Crippen LogP contribution is 2.31. The molecular weight excluding hydrogens is 338 g/mol. The van der Waals surface area contributed by atoms with Crippen LogP contribution in [0.1, 0.15) is 30.4 Å². The van der Waals surface area contributed by atoms with Crippen LogP contribution in [0.4, 0.5) is 0 Å². The first-order valence-corrected chi connectivity index (χ1v) is 8.45. The molecule has 0 radical (unpaired) electrons. The molecule has 1 fully saturated rings. The van der Waals surface area contributed by atoms with Gasteiger partial charge < -0.3 is 15.2 Å². The minimum absolute atomic E-state index is 0. The Morgan fingerprint density at radius 3 is 2.08 bits per heavy atom. The van der Waals surface area contributed by atoms with Crippen LogP contribution in [0.5, 0.6) is 0 Å². The van der Waals surface area contributed by atoms with Gasteiger partial charge in [-0.25, -0.2) is 4.79 Å². The normalized spacial score (nSPS) is 17.4. The molecule has 134 valence electrons. The number of esters is 1. The predicted molar refractivity (Wildman–Crippen MR) is 99.7 cm³/mol. The molecule has 25 heavy (non-hydrogen) atoms. The van der Waals surface area contributed by atoms with Crippen molar-refractivity contribution in [3.05, 3.63) is 71.8 Å². The largest absolute Gasteiger partial charge is 0.461 e. The Labute approximate surface area is 154 Å². The molecule has 1 unspecified atom stereocenters. The van der Waals surface area contributed by atoms with Gasteiger partial charge in [0.1, 0.15) is 6.61 Å². The van der Waals surface area contributed by atoms with Crippen LogP contribution in [0.15, 0.2) is 60.7 Å². The third-order valence-electron chi connectivity index (χ3n) is 4.51. The van der Waals surface area contributed by atoms with Gasteiger partial charge in [-0.1, -0.05) is 67.1 Å². The number of carbonyl (C=O) groups excluding carboxylic acids is 1. The van der Waals surface area contributed by atoms with Crippen LogP contribution in [0.25, 0.3) is 0 Å². The number of benzene rings is 2. The van der Waals surface area contributed by atoms with Crippen LogP contribution in [0, 0.1) is 0 Å². The van der Waals surface area contributed by atoms with Crippen molar-refractivity contribution < 1.29 is 14.6 Å². The fourth-order valence-corrected chi connectivity index (χ4v) is 3.11. The number of aliphatic hydroxyl groups is 1. The Hall–Kier alpha value is -1.88. The zero-order chi connectivity index (χ0) is 16.8. The van der Waals surface area contributed by atoms with Crippen molar-refractivity contribution in [3.63, 3.8) is 0 Å². The van der Waals surface area contributed by atoms with Crippen molar-refractivity contribution in [2.24, 2.45) is 0 Å². The predicted octanol–water partition coefficient (Wildman–Crippen LogP) is 3.03. The maximum Gasteiger partial charge on any atom is 0.347 e. The molecule has 0 spiro atoms. The molecule has 1 heterocycles. The molecule has 4 nitrogen and oxygen atoms in total. The summed E-state index contributed by atoms with van der Waals surface area (Å²) in [6.07, 6.45) is 3.28. The first kappa shape index (κ1) is 19.4. The van der Waals surface area contributed by atoms with E-state index in [1.807, 2.05) is 12.1 Å². The van der Waals surface area contributed by atoms with Gasteiger partial charge in [0.05, 0.1) is 0 Å². The van der Waals surface area contributed by atoms with Gasteiger partial charge >= 0.3 is 5.97 Å². The summed E-state index contributed by atoms with van der Waals surface area (Å²) in [4.78, 5) is 12.8. The van der Waals surface area contributed by atoms with Crippen molar-refractivity contribution in [2.75, 3.05) is 13.2 Å². The van der Waals surface area contributed by atoms with Crippen LogP contribution < -0.4 is 5.32 Å². The fraction of sp³-hybridized carbons (Fsp3) is 0.350. The van der Waals surface area contributed by atoms with Gasteiger partial charge in [0.15, 0.2) is 0 Å². The Balaban J connectivity index is 0.00000225. The van der Waals surface area contributed by atoms with Crippen molar-refractivity contribution in [2.45, 2.75) is 30.9 Å². The van der Waals surface area contributed by atoms with Crippen LogP contribution in [0.2, 0.25) is 0 Å². The second-order valence-electron chi connectivity index (χ2n) is 6.19. The summed E-state index contributed by atoms with van der Waals surface area (Å²) in [6, 6.07) is 18.1. The molecule has 0 bridgehead atoms. The topological polar surface area (TPSA) is 58.6 Å². The maximum absolute atomic E-state index is 12.8. The molecule has 1 saturated heterocycles. The Kier molecular flexibility index (Phi) is 7.00. The van der Waals surface area contributed by atoms with E-state index in [4.69, 9.17) is 4.74 Å². The second-order valence-corrected chi connectivity index (χ2v) is 6.19. The van der Waals surface area contributed by atoms with E-state index >= 15 is 0 Å². The van der Waals surface area contributed by atoms with E-state index in [1.165, 1.54) is 0 Å². The lowest BCUT2D eigenvalue weighted by atomic mass is 9.86. The molecule has 0 aliphatic carbocycles. The Morgan fingerprint density at radius 1 is 1.04 bits per heavy atom. The van der Waals surface area contributed by atoms with Crippen LogP contribution in [-0.2, 0) is 15.1 Å². The summed E-state index contributed by atoms with van der Waals surface area (Å²) >= 11 is 0. The van der Waals surface area contributed by atoms with Gasteiger partial charge in [0, 0.05) is 6.04 Å². The number of hydrogen-bond acceptors (Lipinski definition) is 4. The molecule has 1 aliphatic heterocycles. The number of ether oxygens (including phenoxy) is 1. The van der Waals surface area contributed by atoms with Crippen LogP contribution in [0.3, 0.4) is 0 Å². The third kappa shape index (κ3) is 4.40. The lowest BCUT2D eigenvalue weighted by molar-refractivity contribution is -0.163. The molecule has 2 aromatic carbocycles. The first-order valence-electron chi connectivity index (χ1n) is 8.45. The summed E-state index contributed by atoms with van der Waals surface area (Å²) < 4.78 is 5.50. The zero-order valence-corrected chi connectivity index (χ0v) is 14.9. The number of rotatable bonds is 5. The number of piperidine rings is 1. The molecule has 2 aromatic rings. The molecule has 0 amide bonds. The van der Waals surface area contributed by atoms with Gasteiger partial charge in [-0.05, 0) is 30.5 Å². The van der Waals surface area contributed by atoms with Gasteiger partial charge in [0.25, 0.3) is 0 Å². The van der Waals surface area contributed by atoms with Crippen molar-refractivity contribution >= 4 is 18.4 Å². The maximum atomic E-state index is 12.8. The molecule has 2 N–H and O–H groups in total. The highest BCUT2D eigenvalue weighted by Gasteiger charge is 2.41. The van der Waals surface area contributed by atoms with Crippen molar-refractivity contribution in [3.8, 4) is 0 Å². The summed E-state index contributed by atoms with van der Waals surface area (Å²) in [6.45, 7) is 1.23. The smallest absolute Gasteiger partial charge is 0.347 e. The fourth-order valence-electron chi connectivity index (χ4n) is 3.11. The average molecular weight is 362 g/mol. The lowest BCUT2D eigenvalue weighted by Crippen LogP contribution is -2.43. The number of hydrogen-bond donors (Lipinski definition) is 2. The highest BCUT2D eigenvalue weighted by atomic mass is 35.5. The average Bonchev–Trinajstić information content (AvgIpc) is 2.67. The molecule has 5 heteroatoms. The summed E-state index contributed by atoms with van der Waals surface area (Å²) in [5.41, 5.74) is -0.771. The summed E-state index contributed by atoms with van der Waals surface area (Å²) in [5, 5.41) is 14.6. The number of halogens is 1. The van der Waals surface area contributed by atoms with E-state index in [0.29, 0.717) is 11.1 Å². The monoisotopic (exact) mass is 361 g/mol. The second kappa shape index (κ2) is 8.99. The van der Waals surface area contributed by atoms with Gasteiger partial charge in [-0.15, -0.1) is 12.4 Å². The number of carbonyl (C=O) groups is 1. The summed E-state index contributed by atoms with van der Waals surface area (Å²) in [7, 11) is 0. The standard InChI is InChI=1S/C20H23NO3.ClH/c22-19(24-15-18-13-7-8-14-21-18)20(23,16-9-3-1-4-10-16)17-11-5-2-6-12-17;/h1-6,9-12,18,21,23H,7-8,13-15H2;1H. The van der Waals surface area contributed by atoms with Gasteiger partial charge in [-0.3, -0.25) is 0 Å². The van der Waals surface area contributed by atoms with E-state index in [9.17, 15) is 9.90 Å². The van der Waals surface area contributed by atoms with E-state index in [0.717, 1.165) is 25.8 Å². The third-order valence-corrected chi connectivity index (χ3v) is 4.51. The van der Waals surface area contributed by atoms with Crippen molar-refractivity contribution in [1.29, 1.82) is 0 Å². The van der Waals surface area contributed by atoms with E-state index < -0.39 is 11.6 Å².